The molecule has 0 aliphatic carbocycles. The number of hydrogen-bond donors (Lipinski definition) is 0. The van der Waals surface area contributed by atoms with Gasteiger partial charge in [0.05, 0.1) is 11.6 Å². The molecule has 1 heterocycles. The lowest BCUT2D eigenvalue weighted by Crippen LogP contribution is -2.34. The molecule has 17 heavy (non-hydrogen) atoms. The van der Waals surface area contributed by atoms with Gasteiger partial charge < -0.3 is 14.2 Å². The summed E-state index contributed by atoms with van der Waals surface area (Å²) in [7, 11) is 0. The van der Waals surface area contributed by atoms with Crippen LogP contribution in [0.4, 0.5) is 0 Å². The Balaban J connectivity index is 2.07. The number of esters is 1. The molecular weight excluding hydrogens is 222 g/mol. The van der Waals surface area contributed by atoms with Crippen molar-refractivity contribution in [2.24, 2.45) is 0 Å². The molecule has 0 saturated heterocycles. The normalized spacial score (nSPS) is 17.1. The summed E-state index contributed by atoms with van der Waals surface area (Å²) >= 11 is 0. The zero-order valence-corrected chi connectivity index (χ0v) is 9.30. The van der Waals surface area contributed by atoms with Gasteiger partial charge in [-0.05, 0) is 12.1 Å². The Morgan fingerprint density at radius 2 is 2.41 bits per heavy atom. The van der Waals surface area contributed by atoms with Gasteiger partial charge in [-0.2, -0.15) is 5.26 Å². The van der Waals surface area contributed by atoms with Crippen molar-refractivity contribution in [2.75, 3.05) is 13.2 Å². The average molecular weight is 233 g/mol. The van der Waals surface area contributed by atoms with Gasteiger partial charge in [0, 0.05) is 13.0 Å². The lowest BCUT2D eigenvalue weighted by atomic mass is 10.2. The van der Waals surface area contributed by atoms with E-state index in [9.17, 15) is 4.79 Å². The molecule has 5 heteroatoms. The average Bonchev–Trinajstić information content (AvgIpc) is 2.35. The number of nitriles is 1. The summed E-state index contributed by atoms with van der Waals surface area (Å²) < 4.78 is 15.9. The smallest absolute Gasteiger partial charge is 0.302 e. The highest BCUT2D eigenvalue weighted by Crippen LogP contribution is 2.32. The number of carbonyl (C=O) groups is 1. The van der Waals surface area contributed by atoms with Gasteiger partial charge in [0.1, 0.15) is 13.2 Å². The van der Waals surface area contributed by atoms with E-state index >= 15 is 0 Å². The molecule has 1 aliphatic heterocycles. The molecule has 0 unspecified atom stereocenters. The fraction of sp³-hybridized carbons (Fsp3) is 0.333. The molecule has 88 valence electrons. The van der Waals surface area contributed by atoms with Crippen molar-refractivity contribution in [1.82, 2.24) is 0 Å². The van der Waals surface area contributed by atoms with Crippen LogP contribution >= 0.6 is 0 Å². The summed E-state index contributed by atoms with van der Waals surface area (Å²) in [6.45, 7) is 1.81. The van der Waals surface area contributed by atoms with E-state index in [-0.39, 0.29) is 18.7 Å². The van der Waals surface area contributed by atoms with E-state index in [0.717, 1.165) is 0 Å². The molecule has 0 N–H and O–H groups in total. The molecule has 0 saturated carbocycles. The molecule has 1 atom stereocenters. The molecule has 0 spiro atoms. The van der Waals surface area contributed by atoms with E-state index in [1.54, 1.807) is 18.2 Å². The second-order valence-corrected chi connectivity index (χ2v) is 3.63. The molecule has 2 rings (SSSR count). The highest BCUT2D eigenvalue weighted by molar-refractivity contribution is 5.65. The van der Waals surface area contributed by atoms with Crippen LogP contribution < -0.4 is 9.47 Å². The van der Waals surface area contributed by atoms with Crippen molar-refractivity contribution in [3.8, 4) is 17.6 Å². The Hall–Kier alpha value is -2.22. The fourth-order valence-corrected chi connectivity index (χ4v) is 1.48. The van der Waals surface area contributed by atoms with E-state index in [1.165, 1.54) is 6.92 Å². The van der Waals surface area contributed by atoms with Crippen molar-refractivity contribution in [1.29, 1.82) is 5.26 Å². The number of rotatable bonds is 2. The molecule has 5 nitrogen and oxygen atoms in total. The van der Waals surface area contributed by atoms with E-state index in [4.69, 9.17) is 19.5 Å². The van der Waals surface area contributed by atoms with E-state index in [2.05, 4.69) is 0 Å². The number of nitrogens with zero attached hydrogens (tertiary/aromatic N) is 1. The van der Waals surface area contributed by atoms with Gasteiger partial charge in [0.25, 0.3) is 0 Å². The molecule has 1 aliphatic rings. The topological polar surface area (TPSA) is 68.5 Å². The molecule has 0 bridgehead atoms. The first-order valence-corrected chi connectivity index (χ1v) is 5.16. The van der Waals surface area contributed by atoms with Crippen LogP contribution in [0.5, 0.6) is 11.5 Å². The maximum Gasteiger partial charge on any atom is 0.302 e. The maximum atomic E-state index is 10.7. The number of carbonyl (C=O) groups excluding carboxylic acids is 1. The van der Waals surface area contributed by atoms with Crippen LogP contribution in [0, 0.1) is 11.3 Å². The third kappa shape index (κ3) is 2.67. The minimum Gasteiger partial charge on any atom is -0.486 e. The Morgan fingerprint density at radius 1 is 1.59 bits per heavy atom. The highest BCUT2D eigenvalue weighted by atomic mass is 16.6. The molecule has 0 radical (unpaired) electrons. The number of fused-ring (bicyclic) bond motifs is 1. The van der Waals surface area contributed by atoms with Crippen LogP contribution in [0.3, 0.4) is 0 Å². The van der Waals surface area contributed by atoms with Crippen molar-refractivity contribution in [3.63, 3.8) is 0 Å². The molecule has 1 aromatic carbocycles. The molecule has 0 fully saturated rings. The number of hydrogen-bond acceptors (Lipinski definition) is 5. The minimum absolute atomic E-state index is 0.144. The first-order valence-electron chi connectivity index (χ1n) is 5.16. The lowest BCUT2D eigenvalue weighted by Gasteiger charge is -2.26. The van der Waals surface area contributed by atoms with Crippen molar-refractivity contribution >= 4 is 5.97 Å². The minimum atomic E-state index is -0.356. The summed E-state index contributed by atoms with van der Waals surface area (Å²) in [5.41, 5.74) is 0.500. The summed E-state index contributed by atoms with van der Waals surface area (Å²) in [5.74, 6) is 0.751. The predicted octanol–water partition coefficient (Wildman–Crippen LogP) is 1.26. The summed E-state index contributed by atoms with van der Waals surface area (Å²) in [4.78, 5) is 10.7. The third-order valence-electron chi connectivity index (χ3n) is 2.26. The fourth-order valence-electron chi connectivity index (χ4n) is 1.48. The van der Waals surface area contributed by atoms with Crippen molar-refractivity contribution in [2.45, 2.75) is 13.0 Å². The quantitative estimate of drug-likeness (QED) is 0.719. The second-order valence-electron chi connectivity index (χ2n) is 3.63. The van der Waals surface area contributed by atoms with Gasteiger partial charge >= 0.3 is 5.97 Å². The van der Waals surface area contributed by atoms with Gasteiger partial charge in [-0.25, -0.2) is 0 Å². The van der Waals surface area contributed by atoms with Crippen LogP contribution in [0.1, 0.15) is 12.5 Å². The van der Waals surface area contributed by atoms with E-state index in [0.29, 0.717) is 23.7 Å². The first-order chi connectivity index (χ1) is 8.19. The van der Waals surface area contributed by atoms with Crippen LogP contribution in [-0.4, -0.2) is 25.3 Å². The highest BCUT2D eigenvalue weighted by Gasteiger charge is 2.22. The van der Waals surface area contributed by atoms with Crippen LogP contribution in [0.15, 0.2) is 18.2 Å². The van der Waals surface area contributed by atoms with Gasteiger partial charge in [-0.3, -0.25) is 4.79 Å². The third-order valence-corrected chi connectivity index (χ3v) is 2.26. The number of ether oxygens (including phenoxy) is 3. The first kappa shape index (κ1) is 11.3. The SMILES string of the molecule is CC(=O)OC[C@H]1COc2ccc(C#N)cc2O1. The second kappa shape index (κ2) is 4.74. The molecule has 0 aromatic heterocycles. The van der Waals surface area contributed by atoms with Crippen LogP contribution in [0.25, 0.3) is 0 Å². The Kier molecular flexibility index (Phi) is 3.15. The van der Waals surface area contributed by atoms with Gasteiger partial charge in [0.2, 0.25) is 0 Å². The molecule has 1 aromatic rings. The maximum absolute atomic E-state index is 10.7. The van der Waals surface area contributed by atoms with Gasteiger partial charge in [-0.15, -0.1) is 0 Å². The zero-order chi connectivity index (χ0) is 12.3. The monoisotopic (exact) mass is 233 g/mol. The standard InChI is InChI=1S/C12H11NO4/c1-8(14)15-6-10-7-16-11-3-2-9(5-13)4-12(11)17-10/h2-4,10H,6-7H2,1H3/t10-/m0/s1. The lowest BCUT2D eigenvalue weighted by molar-refractivity contribution is -0.144. The van der Waals surface area contributed by atoms with E-state index < -0.39 is 0 Å². The number of benzene rings is 1. The molecule has 0 amide bonds. The Morgan fingerprint density at radius 3 is 3.12 bits per heavy atom. The predicted molar refractivity (Wildman–Crippen MR) is 57.7 cm³/mol. The Bertz CT molecular complexity index is 478. The summed E-state index contributed by atoms with van der Waals surface area (Å²) in [6, 6.07) is 6.98. The van der Waals surface area contributed by atoms with Gasteiger partial charge in [-0.1, -0.05) is 0 Å². The van der Waals surface area contributed by atoms with Crippen molar-refractivity contribution in [3.05, 3.63) is 23.8 Å². The molecular formula is C12H11NO4. The van der Waals surface area contributed by atoms with Crippen LogP contribution in [0.2, 0.25) is 0 Å². The summed E-state index contributed by atoms with van der Waals surface area (Å²) in [6.07, 6.45) is -0.333. The summed E-state index contributed by atoms with van der Waals surface area (Å²) in [5, 5.41) is 8.77. The largest absolute Gasteiger partial charge is 0.486 e. The van der Waals surface area contributed by atoms with E-state index in [1.807, 2.05) is 6.07 Å². The Labute approximate surface area is 98.5 Å². The zero-order valence-electron chi connectivity index (χ0n) is 9.30. The van der Waals surface area contributed by atoms with Gasteiger partial charge in [0.15, 0.2) is 17.6 Å². The van der Waals surface area contributed by atoms with Crippen molar-refractivity contribution < 1.29 is 19.0 Å². The van der Waals surface area contributed by atoms with Crippen LogP contribution in [-0.2, 0) is 9.53 Å².